The van der Waals surface area contributed by atoms with Gasteiger partial charge in [-0.1, -0.05) is 68.3 Å². The predicted molar refractivity (Wildman–Crippen MR) is 152 cm³/mol. The van der Waals surface area contributed by atoms with E-state index in [4.69, 9.17) is 9.47 Å². The lowest BCUT2D eigenvalue weighted by atomic mass is 10.0. The Morgan fingerprint density at radius 2 is 1.57 bits per heavy atom. The van der Waals surface area contributed by atoms with E-state index in [2.05, 4.69) is 23.8 Å². The number of benzene rings is 3. The zero-order chi connectivity index (χ0) is 28.8. The molecule has 0 N–H and O–H groups in total. The Bertz CT molecular complexity index is 1170. The Morgan fingerprint density at radius 3 is 2.25 bits per heavy atom. The van der Waals surface area contributed by atoms with Gasteiger partial charge in [0.15, 0.2) is 0 Å². The number of hydrogen-bond acceptors (Lipinski definition) is 5. The molecule has 3 aromatic carbocycles. The molecule has 0 spiro atoms. The maximum absolute atomic E-state index is 12.6. The van der Waals surface area contributed by atoms with Crippen molar-refractivity contribution < 1.29 is 32.2 Å². The monoisotopic (exact) mass is 557 g/mol. The van der Waals surface area contributed by atoms with Crippen molar-refractivity contribution >= 4 is 11.7 Å². The molecule has 0 aliphatic rings. The smallest absolute Gasteiger partial charge is 0.491 e. The molecule has 0 amide bonds. The van der Waals surface area contributed by atoms with Gasteiger partial charge in [-0.15, -0.1) is 13.2 Å². The first-order valence-electron chi connectivity index (χ1n) is 13.9. The molecule has 0 unspecified atom stereocenters. The Labute approximate surface area is 234 Å². The standard InChI is InChI=1S/C32H38F3NO4/c1-3-5-11-22-39-30-23-27(26-15-18-28(19-16-26)40-32(33,34)35)17-20-29(30)36(24-31(37)38-4-2)21-10-9-14-25-12-7-6-8-13-25/h6-8,12-13,15-20,23H,3-5,9-11,14,21-22,24H2,1-2H3. The van der Waals surface area contributed by atoms with Crippen molar-refractivity contribution in [3.8, 4) is 22.6 Å². The summed E-state index contributed by atoms with van der Waals surface area (Å²) in [4.78, 5) is 14.5. The summed E-state index contributed by atoms with van der Waals surface area (Å²) >= 11 is 0. The summed E-state index contributed by atoms with van der Waals surface area (Å²) in [6.45, 7) is 5.45. The first kappa shape index (κ1) is 30.9. The van der Waals surface area contributed by atoms with Crippen molar-refractivity contribution in [3.05, 3.63) is 78.4 Å². The van der Waals surface area contributed by atoms with Crippen LogP contribution in [0.1, 0.15) is 51.5 Å². The third kappa shape index (κ3) is 10.5. The third-order valence-corrected chi connectivity index (χ3v) is 6.34. The second-order valence-corrected chi connectivity index (χ2v) is 9.48. The topological polar surface area (TPSA) is 48.0 Å². The van der Waals surface area contributed by atoms with Crippen LogP contribution in [-0.4, -0.2) is 38.6 Å². The maximum atomic E-state index is 12.6. The van der Waals surface area contributed by atoms with E-state index in [0.29, 0.717) is 25.5 Å². The lowest BCUT2D eigenvalue weighted by molar-refractivity contribution is -0.274. The summed E-state index contributed by atoms with van der Waals surface area (Å²) in [5.74, 6) is 0.0309. The van der Waals surface area contributed by atoms with Crippen LogP contribution in [0.2, 0.25) is 0 Å². The van der Waals surface area contributed by atoms with Gasteiger partial charge in [-0.05, 0) is 73.6 Å². The molecule has 8 heteroatoms. The molecule has 0 bridgehead atoms. The number of carbonyl (C=O) groups excluding carboxylic acids is 1. The van der Waals surface area contributed by atoms with E-state index in [1.54, 1.807) is 19.1 Å². The quantitative estimate of drug-likeness (QED) is 0.131. The highest BCUT2D eigenvalue weighted by atomic mass is 19.4. The minimum Gasteiger partial charge on any atom is -0.491 e. The molecule has 0 heterocycles. The highest BCUT2D eigenvalue weighted by molar-refractivity contribution is 5.78. The summed E-state index contributed by atoms with van der Waals surface area (Å²) in [5, 5.41) is 0. The van der Waals surface area contributed by atoms with Crippen LogP contribution in [0.4, 0.5) is 18.9 Å². The van der Waals surface area contributed by atoms with Gasteiger partial charge >= 0.3 is 12.3 Å². The second-order valence-electron chi connectivity index (χ2n) is 9.48. The normalized spacial score (nSPS) is 11.2. The van der Waals surface area contributed by atoms with Crippen molar-refractivity contribution in [3.63, 3.8) is 0 Å². The average molecular weight is 558 g/mol. The van der Waals surface area contributed by atoms with Crippen LogP contribution in [0, 0.1) is 0 Å². The molecular weight excluding hydrogens is 519 g/mol. The number of rotatable bonds is 16. The van der Waals surface area contributed by atoms with Gasteiger partial charge in [0.25, 0.3) is 0 Å². The molecular formula is C32H38F3NO4. The van der Waals surface area contributed by atoms with Gasteiger partial charge in [-0.3, -0.25) is 4.79 Å². The number of alkyl halides is 3. The van der Waals surface area contributed by atoms with Crippen molar-refractivity contribution in [1.29, 1.82) is 0 Å². The molecule has 0 atom stereocenters. The van der Waals surface area contributed by atoms with Crippen molar-refractivity contribution in [2.75, 3.05) is 31.2 Å². The number of hydrogen-bond donors (Lipinski definition) is 0. The summed E-state index contributed by atoms with van der Waals surface area (Å²) in [5.41, 5.74) is 3.56. The molecule has 0 aliphatic carbocycles. The number of halogens is 3. The molecule has 0 fully saturated rings. The van der Waals surface area contributed by atoms with E-state index in [0.717, 1.165) is 55.3 Å². The fourth-order valence-electron chi connectivity index (χ4n) is 4.38. The molecule has 3 rings (SSSR count). The van der Waals surface area contributed by atoms with Crippen LogP contribution in [0.15, 0.2) is 72.8 Å². The van der Waals surface area contributed by atoms with E-state index in [1.807, 2.05) is 41.3 Å². The average Bonchev–Trinajstić information content (AvgIpc) is 2.93. The van der Waals surface area contributed by atoms with Gasteiger partial charge in [0.05, 0.1) is 18.9 Å². The van der Waals surface area contributed by atoms with Crippen LogP contribution >= 0.6 is 0 Å². The number of esters is 1. The van der Waals surface area contributed by atoms with Crippen LogP contribution in [0.25, 0.3) is 11.1 Å². The Balaban J connectivity index is 1.83. The fourth-order valence-corrected chi connectivity index (χ4v) is 4.38. The predicted octanol–water partition coefficient (Wildman–Crippen LogP) is 8.21. The summed E-state index contributed by atoms with van der Waals surface area (Å²) in [6.07, 6.45) is 0.999. The van der Waals surface area contributed by atoms with Gasteiger partial charge in [0.2, 0.25) is 0 Å². The molecule has 5 nitrogen and oxygen atoms in total. The van der Waals surface area contributed by atoms with E-state index in [9.17, 15) is 18.0 Å². The summed E-state index contributed by atoms with van der Waals surface area (Å²) in [7, 11) is 0. The van der Waals surface area contributed by atoms with Gasteiger partial charge in [-0.2, -0.15) is 0 Å². The molecule has 3 aromatic rings. The molecule has 0 radical (unpaired) electrons. The molecule has 0 saturated carbocycles. The zero-order valence-electron chi connectivity index (χ0n) is 23.2. The van der Waals surface area contributed by atoms with Crippen molar-refractivity contribution in [2.24, 2.45) is 0 Å². The number of nitrogens with zero attached hydrogens (tertiary/aromatic N) is 1. The van der Waals surface area contributed by atoms with Crippen molar-refractivity contribution in [2.45, 2.75) is 58.7 Å². The minimum atomic E-state index is -4.74. The van der Waals surface area contributed by atoms with E-state index >= 15 is 0 Å². The SMILES string of the molecule is CCCCCOc1cc(-c2ccc(OC(F)(F)F)cc2)ccc1N(CCCCc1ccccc1)CC(=O)OCC. The van der Waals surface area contributed by atoms with Gasteiger partial charge in [0.1, 0.15) is 18.0 Å². The minimum absolute atomic E-state index is 0.0906. The summed E-state index contributed by atoms with van der Waals surface area (Å²) in [6, 6.07) is 21.7. The first-order valence-corrected chi connectivity index (χ1v) is 13.9. The number of carbonyl (C=O) groups is 1. The largest absolute Gasteiger partial charge is 0.573 e. The maximum Gasteiger partial charge on any atom is 0.573 e. The summed E-state index contributed by atoms with van der Waals surface area (Å²) < 4.78 is 53.2. The highest BCUT2D eigenvalue weighted by Gasteiger charge is 2.31. The van der Waals surface area contributed by atoms with Gasteiger partial charge in [-0.25, -0.2) is 0 Å². The lowest BCUT2D eigenvalue weighted by Crippen LogP contribution is -2.32. The number of unbranched alkanes of at least 4 members (excludes halogenated alkanes) is 3. The van der Waals surface area contributed by atoms with E-state index in [1.165, 1.54) is 17.7 Å². The highest BCUT2D eigenvalue weighted by Crippen LogP contribution is 2.35. The molecule has 216 valence electrons. The van der Waals surface area contributed by atoms with Crippen LogP contribution in [-0.2, 0) is 16.0 Å². The van der Waals surface area contributed by atoms with Gasteiger partial charge < -0.3 is 19.1 Å². The number of aryl methyl sites for hydroxylation is 1. The molecule has 0 saturated heterocycles. The van der Waals surface area contributed by atoms with Gasteiger partial charge in [0, 0.05) is 6.54 Å². The second kappa shape index (κ2) is 15.8. The first-order chi connectivity index (χ1) is 19.3. The van der Waals surface area contributed by atoms with Crippen LogP contribution in [0.5, 0.6) is 11.5 Å². The third-order valence-electron chi connectivity index (χ3n) is 6.34. The van der Waals surface area contributed by atoms with Crippen LogP contribution < -0.4 is 14.4 Å². The zero-order valence-corrected chi connectivity index (χ0v) is 23.2. The molecule has 40 heavy (non-hydrogen) atoms. The molecule has 0 aromatic heterocycles. The Hall–Kier alpha value is -3.68. The number of ether oxygens (including phenoxy) is 3. The Morgan fingerprint density at radius 1 is 0.850 bits per heavy atom. The van der Waals surface area contributed by atoms with Crippen molar-refractivity contribution in [1.82, 2.24) is 0 Å². The fraction of sp³-hybridized carbons (Fsp3) is 0.406. The van der Waals surface area contributed by atoms with Crippen LogP contribution in [0.3, 0.4) is 0 Å². The van der Waals surface area contributed by atoms with E-state index < -0.39 is 6.36 Å². The number of anilines is 1. The molecule has 0 aliphatic heterocycles. The lowest BCUT2D eigenvalue weighted by Gasteiger charge is -2.27. The Kier molecular flexibility index (Phi) is 12.2. The van der Waals surface area contributed by atoms with E-state index in [-0.39, 0.29) is 18.3 Å².